The highest BCUT2D eigenvalue weighted by Crippen LogP contribution is 2.38. The van der Waals surface area contributed by atoms with Crippen molar-refractivity contribution in [2.24, 2.45) is 0 Å². The summed E-state index contributed by atoms with van der Waals surface area (Å²) in [5.41, 5.74) is 0.852. The van der Waals surface area contributed by atoms with Crippen LogP contribution in [0.25, 0.3) is 0 Å². The third kappa shape index (κ3) is 3.44. The minimum absolute atomic E-state index is 0.114. The van der Waals surface area contributed by atoms with Gasteiger partial charge in [-0.3, -0.25) is 4.79 Å². The van der Waals surface area contributed by atoms with E-state index < -0.39 is 0 Å². The largest absolute Gasteiger partial charge is 0.493 e. The molecule has 1 N–H and O–H groups in total. The number of nitrogens with one attached hydrogen (secondary N) is 1. The molecule has 122 valence electrons. The van der Waals surface area contributed by atoms with Crippen molar-refractivity contribution in [3.63, 3.8) is 0 Å². The molecule has 0 saturated carbocycles. The predicted octanol–water partition coefficient (Wildman–Crippen LogP) is 1.08. The van der Waals surface area contributed by atoms with Crippen LogP contribution < -0.4 is 19.5 Å². The third-order valence-corrected chi connectivity index (χ3v) is 3.90. The zero-order valence-corrected chi connectivity index (χ0v) is 13.6. The Morgan fingerprint density at radius 3 is 2.36 bits per heavy atom. The van der Waals surface area contributed by atoms with E-state index in [4.69, 9.17) is 14.2 Å². The number of ether oxygens (including phenoxy) is 3. The van der Waals surface area contributed by atoms with Gasteiger partial charge in [-0.25, -0.2) is 0 Å². The van der Waals surface area contributed by atoms with E-state index in [1.165, 1.54) is 0 Å². The Hall–Kier alpha value is -1.95. The van der Waals surface area contributed by atoms with E-state index in [-0.39, 0.29) is 11.9 Å². The van der Waals surface area contributed by atoms with E-state index in [0.29, 0.717) is 23.7 Å². The lowest BCUT2D eigenvalue weighted by Crippen LogP contribution is -2.52. The fourth-order valence-electron chi connectivity index (χ4n) is 2.73. The van der Waals surface area contributed by atoms with Crippen LogP contribution in [-0.2, 0) is 11.2 Å². The van der Waals surface area contributed by atoms with Crippen LogP contribution in [0.3, 0.4) is 0 Å². The zero-order chi connectivity index (χ0) is 16.1. The molecule has 1 amide bonds. The van der Waals surface area contributed by atoms with Gasteiger partial charge in [0, 0.05) is 25.7 Å². The Morgan fingerprint density at radius 1 is 1.23 bits per heavy atom. The van der Waals surface area contributed by atoms with Gasteiger partial charge in [0.2, 0.25) is 11.7 Å². The van der Waals surface area contributed by atoms with Crippen LogP contribution in [0.4, 0.5) is 0 Å². The van der Waals surface area contributed by atoms with Crippen molar-refractivity contribution in [2.45, 2.75) is 19.4 Å². The number of hydrogen-bond acceptors (Lipinski definition) is 5. The quantitative estimate of drug-likeness (QED) is 0.882. The lowest BCUT2D eigenvalue weighted by Gasteiger charge is -2.34. The molecule has 1 fully saturated rings. The molecule has 1 aromatic rings. The fraction of sp³-hybridized carbons (Fsp3) is 0.562. The van der Waals surface area contributed by atoms with Crippen LogP contribution in [0.5, 0.6) is 17.2 Å². The molecule has 0 aromatic heterocycles. The van der Waals surface area contributed by atoms with Crippen molar-refractivity contribution in [3.8, 4) is 17.2 Å². The highest BCUT2D eigenvalue weighted by Gasteiger charge is 2.24. The average molecular weight is 308 g/mol. The Kier molecular flexibility index (Phi) is 5.49. The Morgan fingerprint density at radius 2 is 1.86 bits per heavy atom. The summed E-state index contributed by atoms with van der Waals surface area (Å²) in [6.07, 6.45) is 0.320. The maximum Gasteiger partial charge on any atom is 0.227 e. The summed E-state index contributed by atoms with van der Waals surface area (Å²) in [7, 11) is 4.70. The van der Waals surface area contributed by atoms with Gasteiger partial charge in [-0.1, -0.05) is 0 Å². The number of rotatable bonds is 5. The van der Waals surface area contributed by atoms with Gasteiger partial charge in [-0.2, -0.15) is 0 Å². The summed E-state index contributed by atoms with van der Waals surface area (Å²) in [5, 5.41) is 3.28. The molecule has 1 aliphatic heterocycles. The number of methoxy groups -OCH3 is 3. The SMILES string of the molecule is COc1cc(CC(=O)N2CCNCC2C)cc(OC)c1OC. The van der Waals surface area contributed by atoms with Crippen molar-refractivity contribution in [3.05, 3.63) is 17.7 Å². The first-order valence-corrected chi connectivity index (χ1v) is 7.39. The molecule has 1 atom stereocenters. The first kappa shape index (κ1) is 16.4. The van der Waals surface area contributed by atoms with Gasteiger partial charge in [0.15, 0.2) is 11.5 Å². The number of benzene rings is 1. The van der Waals surface area contributed by atoms with Crippen molar-refractivity contribution in [1.29, 1.82) is 0 Å². The monoisotopic (exact) mass is 308 g/mol. The second-order valence-electron chi connectivity index (χ2n) is 5.35. The van der Waals surface area contributed by atoms with E-state index in [0.717, 1.165) is 25.2 Å². The summed E-state index contributed by atoms with van der Waals surface area (Å²) in [6.45, 7) is 4.47. The van der Waals surface area contributed by atoms with Gasteiger partial charge in [0.25, 0.3) is 0 Å². The molecule has 22 heavy (non-hydrogen) atoms. The van der Waals surface area contributed by atoms with E-state index >= 15 is 0 Å². The molecular weight excluding hydrogens is 284 g/mol. The molecule has 1 saturated heterocycles. The lowest BCUT2D eigenvalue weighted by molar-refractivity contribution is -0.133. The van der Waals surface area contributed by atoms with Crippen molar-refractivity contribution >= 4 is 5.91 Å². The van der Waals surface area contributed by atoms with Crippen LogP contribution in [0.2, 0.25) is 0 Å². The van der Waals surface area contributed by atoms with E-state index in [1.54, 1.807) is 21.3 Å². The molecule has 1 unspecified atom stereocenters. The summed E-state index contributed by atoms with van der Waals surface area (Å²) in [6, 6.07) is 3.86. The number of hydrogen-bond donors (Lipinski definition) is 1. The molecular formula is C16H24N2O4. The lowest BCUT2D eigenvalue weighted by atomic mass is 10.1. The highest BCUT2D eigenvalue weighted by atomic mass is 16.5. The summed E-state index contributed by atoms with van der Waals surface area (Å²) < 4.78 is 16.0. The standard InChI is InChI=1S/C16H24N2O4/c1-11-10-17-5-6-18(11)15(19)9-12-7-13(20-2)16(22-4)14(8-12)21-3/h7-8,11,17H,5-6,9-10H2,1-4H3. The van der Waals surface area contributed by atoms with E-state index in [9.17, 15) is 4.79 Å². The first-order chi connectivity index (χ1) is 10.6. The molecule has 1 aliphatic rings. The molecule has 1 heterocycles. The van der Waals surface area contributed by atoms with E-state index in [1.807, 2.05) is 17.0 Å². The van der Waals surface area contributed by atoms with Gasteiger partial charge in [-0.15, -0.1) is 0 Å². The topological polar surface area (TPSA) is 60.0 Å². The minimum atomic E-state index is 0.114. The minimum Gasteiger partial charge on any atom is -0.493 e. The Balaban J connectivity index is 2.20. The van der Waals surface area contributed by atoms with Gasteiger partial charge in [-0.05, 0) is 24.6 Å². The van der Waals surface area contributed by atoms with Gasteiger partial charge in [0.1, 0.15) is 0 Å². The van der Waals surface area contributed by atoms with Crippen LogP contribution >= 0.6 is 0 Å². The normalized spacial score (nSPS) is 18.0. The average Bonchev–Trinajstić information content (AvgIpc) is 2.54. The predicted molar refractivity (Wildman–Crippen MR) is 83.8 cm³/mol. The highest BCUT2D eigenvalue weighted by molar-refractivity contribution is 5.79. The Bertz CT molecular complexity index is 508. The van der Waals surface area contributed by atoms with Gasteiger partial charge in [0.05, 0.1) is 27.8 Å². The van der Waals surface area contributed by atoms with Crippen LogP contribution in [-0.4, -0.2) is 57.8 Å². The zero-order valence-electron chi connectivity index (χ0n) is 13.6. The number of nitrogens with zero attached hydrogens (tertiary/aromatic N) is 1. The smallest absolute Gasteiger partial charge is 0.227 e. The van der Waals surface area contributed by atoms with E-state index in [2.05, 4.69) is 12.2 Å². The molecule has 2 rings (SSSR count). The number of amides is 1. The second kappa shape index (κ2) is 7.35. The first-order valence-electron chi connectivity index (χ1n) is 7.39. The third-order valence-electron chi connectivity index (χ3n) is 3.90. The summed E-state index contributed by atoms with van der Waals surface area (Å²) in [5.74, 6) is 1.79. The number of carbonyl (C=O) groups is 1. The second-order valence-corrected chi connectivity index (χ2v) is 5.35. The van der Waals surface area contributed by atoms with Gasteiger partial charge >= 0.3 is 0 Å². The molecule has 0 bridgehead atoms. The molecule has 0 aliphatic carbocycles. The van der Waals surface area contributed by atoms with Crippen molar-refractivity contribution in [2.75, 3.05) is 41.0 Å². The summed E-state index contributed by atoms with van der Waals surface area (Å²) in [4.78, 5) is 14.4. The molecule has 1 aromatic carbocycles. The summed E-state index contributed by atoms with van der Waals surface area (Å²) >= 11 is 0. The number of piperazine rings is 1. The molecule has 0 radical (unpaired) electrons. The Labute approximate surface area is 131 Å². The maximum atomic E-state index is 12.5. The van der Waals surface area contributed by atoms with Crippen molar-refractivity contribution in [1.82, 2.24) is 10.2 Å². The van der Waals surface area contributed by atoms with Crippen LogP contribution in [0.1, 0.15) is 12.5 Å². The molecule has 0 spiro atoms. The molecule has 6 nitrogen and oxygen atoms in total. The molecule has 6 heteroatoms. The van der Waals surface area contributed by atoms with Crippen LogP contribution in [0.15, 0.2) is 12.1 Å². The maximum absolute atomic E-state index is 12.5. The fourth-order valence-corrected chi connectivity index (χ4v) is 2.73. The van der Waals surface area contributed by atoms with Crippen LogP contribution in [0, 0.1) is 0 Å². The van der Waals surface area contributed by atoms with Gasteiger partial charge < -0.3 is 24.4 Å². The van der Waals surface area contributed by atoms with Crippen molar-refractivity contribution < 1.29 is 19.0 Å². The number of carbonyl (C=O) groups excluding carboxylic acids is 1.